The maximum absolute atomic E-state index is 10.6. The topological polar surface area (TPSA) is 63.3 Å². The van der Waals surface area contributed by atoms with Gasteiger partial charge in [-0.25, -0.2) is 0 Å². The van der Waals surface area contributed by atoms with E-state index in [4.69, 9.17) is 22.4 Å². The molecule has 0 aliphatic heterocycles. The van der Waals surface area contributed by atoms with E-state index in [0.717, 1.165) is 22.9 Å². The highest BCUT2D eigenvalue weighted by Gasteiger charge is 2.10. The lowest BCUT2D eigenvalue weighted by Gasteiger charge is -2.11. The lowest BCUT2D eigenvalue weighted by Crippen LogP contribution is -2.18. The summed E-state index contributed by atoms with van der Waals surface area (Å²) in [5.74, 6) is 1.16. The molecule has 1 rings (SSSR count). The summed E-state index contributed by atoms with van der Waals surface area (Å²) in [6.07, 6.45) is 1.01. The van der Waals surface area contributed by atoms with E-state index in [0.29, 0.717) is 6.54 Å². The molecule has 1 aromatic carbocycles. The molecule has 0 aliphatic rings. The lowest BCUT2D eigenvalue weighted by molar-refractivity contribution is -0.138. The van der Waals surface area contributed by atoms with Crippen molar-refractivity contribution in [2.75, 3.05) is 12.3 Å². The number of nitrogens with two attached hydrogens (primary N) is 1. The Morgan fingerprint density at radius 3 is 2.61 bits per heavy atom. The normalized spacial score (nSPS) is 12.3. The van der Waals surface area contributed by atoms with Crippen molar-refractivity contribution in [1.29, 1.82) is 0 Å². The lowest BCUT2D eigenvalue weighted by atomic mass is 10.0. The van der Waals surface area contributed by atoms with Crippen LogP contribution >= 0.6 is 23.4 Å². The second-order valence-electron chi connectivity index (χ2n) is 4.17. The SMILES string of the molecule is NCC(CCSCc1ccc(Cl)cc1)CC(=O)O. The van der Waals surface area contributed by atoms with Gasteiger partial charge in [-0.05, 0) is 42.3 Å². The van der Waals surface area contributed by atoms with Gasteiger partial charge in [-0.1, -0.05) is 23.7 Å². The van der Waals surface area contributed by atoms with Crippen molar-refractivity contribution in [3.63, 3.8) is 0 Å². The van der Waals surface area contributed by atoms with Crippen LogP contribution in [0.25, 0.3) is 0 Å². The summed E-state index contributed by atoms with van der Waals surface area (Å²) in [5.41, 5.74) is 6.77. The Kier molecular flexibility index (Phi) is 7.16. The Bertz CT molecular complexity index is 370. The van der Waals surface area contributed by atoms with Crippen LogP contribution in [0.2, 0.25) is 5.02 Å². The minimum Gasteiger partial charge on any atom is -0.481 e. The van der Waals surface area contributed by atoms with Gasteiger partial charge in [0.1, 0.15) is 0 Å². The molecule has 0 saturated carbocycles. The first-order valence-electron chi connectivity index (χ1n) is 5.86. The quantitative estimate of drug-likeness (QED) is 0.722. The van der Waals surface area contributed by atoms with Crippen LogP contribution in [-0.4, -0.2) is 23.4 Å². The average molecular weight is 288 g/mol. The predicted molar refractivity (Wildman–Crippen MR) is 77.0 cm³/mol. The summed E-state index contributed by atoms with van der Waals surface area (Å²) in [6.45, 7) is 0.438. The minimum absolute atomic E-state index is 0.0835. The van der Waals surface area contributed by atoms with Crippen LogP contribution in [0.15, 0.2) is 24.3 Å². The van der Waals surface area contributed by atoms with Crippen LogP contribution in [0.5, 0.6) is 0 Å². The molecule has 0 spiro atoms. The van der Waals surface area contributed by atoms with Crippen molar-refractivity contribution in [3.05, 3.63) is 34.9 Å². The second kappa shape index (κ2) is 8.40. The highest BCUT2D eigenvalue weighted by Crippen LogP contribution is 2.18. The fraction of sp³-hybridized carbons (Fsp3) is 0.462. The zero-order valence-electron chi connectivity index (χ0n) is 10.1. The van der Waals surface area contributed by atoms with Crippen molar-refractivity contribution < 1.29 is 9.90 Å². The van der Waals surface area contributed by atoms with Crippen LogP contribution in [0.4, 0.5) is 0 Å². The van der Waals surface area contributed by atoms with E-state index in [-0.39, 0.29) is 12.3 Å². The maximum Gasteiger partial charge on any atom is 0.303 e. The molecule has 0 bridgehead atoms. The summed E-state index contributed by atoms with van der Waals surface area (Å²) in [7, 11) is 0. The van der Waals surface area contributed by atoms with Gasteiger partial charge in [0.05, 0.1) is 0 Å². The average Bonchev–Trinajstić information content (AvgIpc) is 2.34. The predicted octanol–water partition coefficient (Wildman–Crippen LogP) is 3.01. The van der Waals surface area contributed by atoms with Gasteiger partial charge in [0, 0.05) is 17.2 Å². The molecule has 0 amide bonds. The Morgan fingerprint density at radius 2 is 2.06 bits per heavy atom. The van der Waals surface area contributed by atoms with Crippen LogP contribution in [-0.2, 0) is 10.5 Å². The fourth-order valence-electron chi connectivity index (χ4n) is 1.57. The number of hydrogen-bond donors (Lipinski definition) is 2. The van der Waals surface area contributed by atoms with Crippen LogP contribution in [0.3, 0.4) is 0 Å². The number of aliphatic carboxylic acids is 1. The standard InChI is InChI=1S/C13H18ClNO2S/c14-12-3-1-10(2-4-12)9-18-6-5-11(8-15)7-13(16)17/h1-4,11H,5-9,15H2,(H,16,17). The van der Waals surface area contributed by atoms with Crippen molar-refractivity contribution in [2.45, 2.75) is 18.6 Å². The van der Waals surface area contributed by atoms with E-state index >= 15 is 0 Å². The van der Waals surface area contributed by atoms with Gasteiger partial charge in [0.25, 0.3) is 0 Å². The van der Waals surface area contributed by atoms with Crippen molar-refractivity contribution in [3.8, 4) is 0 Å². The zero-order chi connectivity index (χ0) is 13.4. The number of rotatable bonds is 8. The monoisotopic (exact) mass is 287 g/mol. The molecule has 100 valence electrons. The van der Waals surface area contributed by atoms with Gasteiger partial charge < -0.3 is 10.8 Å². The molecule has 5 heteroatoms. The summed E-state index contributed by atoms with van der Waals surface area (Å²) in [4.78, 5) is 10.6. The third-order valence-electron chi connectivity index (χ3n) is 2.65. The first kappa shape index (κ1) is 15.3. The fourth-order valence-corrected chi connectivity index (χ4v) is 2.77. The van der Waals surface area contributed by atoms with E-state index in [1.54, 1.807) is 11.8 Å². The highest BCUT2D eigenvalue weighted by atomic mass is 35.5. The Hall–Kier alpha value is -0.710. The summed E-state index contributed by atoms with van der Waals surface area (Å²) in [6, 6.07) is 7.77. The third-order valence-corrected chi connectivity index (χ3v) is 3.96. The molecule has 0 aliphatic carbocycles. The van der Waals surface area contributed by atoms with Gasteiger partial charge in [0.15, 0.2) is 0 Å². The number of carbonyl (C=O) groups is 1. The first-order valence-corrected chi connectivity index (χ1v) is 7.39. The molecule has 1 aromatic rings. The molecule has 1 unspecified atom stereocenters. The van der Waals surface area contributed by atoms with Gasteiger partial charge in [-0.15, -0.1) is 0 Å². The zero-order valence-corrected chi connectivity index (χ0v) is 11.7. The molecule has 1 atom stereocenters. The molecular weight excluding hydrogens is 270 g/mol. The Labute approximate surface area is 117 Å². The largest absolute Gasteiger partial charge is 0.481 e. The highest BCUT2D eigenvalue weighted by molar-refractivity contribution is 7.98. The number of carboxylic acids is 1. The van der Waals surface area contributed by atoms with E-state index in [1.807, 2.05) is 24.3 Å². The van der Waals surface area contributed by atoms with Gasteiger partial charge in [-0.2, -0.15) is 11.8 Å². The van der Waals surface area contributed by atoms with Gasteiger partial charge in [-0.3, -0.25) is 4.79 Å². The molecule has 0 saturated heterocycles. The molecule has 18 heavy (non-hydrogen) atoms. The van der Waals surface area contributed by atoms with Crippen molar-refractivity contribution in [2.24, 2.45) is 11.7 Å². The number of thioether (sulfide) groups is 1. The maximum atomic E-state index is 10.6. The number of hydrogen-bond acceptors (Lipinski definition) is 3. The van der Waals surface area contributed by atoms with E-state index < -0.39 is 5.97 Å². The molecule has 3 nitrogen and oxygen atoms in total. The summed E-state index contributed by atoms with van der Waals surface area (Å²) < 4.78 is 0. The van der Waals surface area contributed by atoms with Crippen LogP contribution < -0.4 is 5.73 Å². The Morgan fingerprint density at radius 1 is 1.39 bits per heavy atom. The molecular formula is C13H18ClNO2S. The van der Waals surface area contributed by atoms with Crippen LogP contribution in [0.1, 0.15) is 18.4 Å². The Balaban J connectivity index is 2.21. The molecule has 0 fully saturated rings. The molecule has 0 radical (unpaired) electrons. The van der Waals surface area contributed by atoms with E-state index in [1.165, 1.54) is 5.56 Å². The van der Waals surface area contributed by atoms with Crippen LogP contribution in [0, 0.1) is 5.92 Å². The minimum atomic E-state index is -0.770. The summed E-state index contributed by atoms with van der Waals surface area (Å²) in [5, 5.41) is 9.44. The second-order valence-corrected chi connectivity index (χ2v) is 5.71. The van der Waals surface area contributed by atoms with E-state index in [2.05, 4.69) is 0 Å². The smallest absolute Gasteiger partial charge is 0.303 e. The third kappa shape index (κ3) is 6.28. The first-order chi connectivity index (χ1) is 8.61. The molecule has 0 heterocycles. The van der Waals surface area contributed by atoms with Gasteiger partial charge >= 0.3 is 5.97 Å². The molecule has 0 aromatic heterocycles. The number of carboxylic acid groups (broad SMARTS) is 1. The number of benzene rings is 1. The van der Waals surface area contributed by atoms with E-state index in [9.17, 15) is 4.79 Å². The van der Waals surface area contributed by atoms with Gasteiger partial charge in [0.2, 0.25) is 0 Å². The molecule has 3 N–H and O–H groups in total. The van der Waals surface area contributed by atoms with Crippen molar-refractivity contribution in [1.82, 2.24) is 0 Å². The summed E-state index contributed by atoms with van der Waals surface area (Å²) >= 11 is 7.60. The van der Waals surface area contributed by atoms with Crippen molar-refractivity contribution >= 4 is 29.3 Å². The number of halogens is 1.